The summed E-state index contributed by atoms with van der Waals surface area (Å²) in [6.45, 7) is 8.76. The zero-order chi connectivity index (χ0) is 15.6. The van der Waals surface area contributed by atoms with Crippen LogP contribution in [0.4, 0.5) is 0 Å². The van der Waals surface area contributed by atoms with Crippen LogP contribution in [-0.2, 0) is 0 Å². The minimum Gasteiger partial charge on any atom is -0.507 e. The molecule has 3 aliphatic rings. The lowest BCUT2D eigenvalue weighted by molar-refractivity contribution is 0.308. The van der Waals surface area contributed by atoms with Gasteiger partial charge in [-0.25, -0.2) is 0 Å². The van der Waals surface area contributed by atoms with Crippen molar-refractivity contribution >= 4 is 0 Å². The van der Waals surface area contributed by atoms with Crippen LogP contribution in [0.1, 0.15) is 94.2 Å². The Labute approximate surface area is 132 Å². The summed E-state index contributed by atoms with van der Waals surface area (Å²) in [5, 5.41) is 13.0. The van der Waals surface area contributed by atoms with Crippen LogP contribution in [-0.4, -0.2) is 10.8 Å². The van der Waals surface area contributed by atoms with Crippen LogP contribution in [0.2, 0.25) is 0 Å². The van der Waals surface area contributed by atoms with E-state index in [4.69, 9.17) is 9.98 Å². The molecule has 0 bridgehead atoms. The standard InChI is InChI=1S/C19H26N2O/c1-10(2)13-16-17(14-11(3)12(4)15(14)18(13)22)21-19(20-16)8-6-5-7-9-19/h10-12,22H,5-9H2,1-4H3/t11-,12+/m0/s1. The molecule has 0 saturated heterocycles. The molecule has 1 aliphatic heterocycles. The summed E-state index contributed by atoms with van der Waals surface area (Å²) < 4.78 is 0. The molecule has 1 aromatic carbocycles. The van der Waals surface area contributed by atoms with Crippen molar-refractivity contribution in [2.75, 3.05) is 0 Å². The van der Waals surface area contributed by atoms with Crippen molar-refractivity contribution in [3.8, 4) is 5.75 Å². The number of hydrogen-bond donors (Lipinski definition) is 1. The Morgan fingerprint density at radius 3 is 2.18 bits per heavy atom. The molecule has 3 nitrogen and oxygen atoms in total. The summed E-state index contributed by atoms with van der Waals surface area (Å²) in [7, 11) is 0. The van der Waals surface area contributed by atoms with Crippen LogP contribution >= 0.6 is 0 Å². The van der Waals surface area contributed by atoms with E-state index < -0.39 is 0 Å². The van der Waals surface area contributed by atoms with E-state index in [0.717, 1.165) is 34.7 Å². The summed E-state index contributed by atoms with van der Waals surface area (Å²) in [6.07, 6.45) is 5.88. The number of rotatable bonds is 1. The predicted octanol–water partition coefficient (Wildman–Crippen LogP) is 3.65. The second-order valence-electron chi connectivity index (χ2n) is 7.79. The highest BCUT2D eigenvalue weighted by Crippen LogP contribution is 2.50. The number of nitrogens with zero attached hydrogens (tertiary/aromatic N) is 2. The van der Waals surface area contributed by atoms with Crippen molar-refractivity contribution in [3.05, 3.63) is 27.4 Å². The van der Waals surface area contributed by atoms with Gasteiger partial charge in [-0.3, -0.25) is 9.98 Å². The van der Waals surface area contributed by atoms with Gasteiger partial charge in [-0.1, -0.05) is 34.1 Å². The van der Waals surface area contributed by atoms with Crippen LogP contribution < -0.4 is 10.7 Å². The van der Waals surface area contributed by atoms with Gasteiger partial charge >= 0.3 is 0 Å². The van der Waals surface area contributed by atoms with E-state index >= 15 is 0 Å². The Hall–Kier alpha value is -1.38. The van der Waals surface area contributed by atoms with E-state index in [0.29, 0.717) is 17.6 Å². The number of phenols is 1. The number of phenolic OH excluding ortho intramolecular Hbond substituents is 1. The molecule has 1 saturated carbocycles. The van der Waals surface area contributed by atoms with Gasteiger partial charge in [-0.15, -0.1) is 0 Å². The van der Waals surface area contributed by atoms with E-state index in [2.05, 4.69) is 27.7 Å². The lowest BCUT2D eigenvalue weighted by atomic mass is 9.68. The highest BCUT2D eigenvalue weighted by Gasteiger charge is 2.42. The van der Waals surface area contributed by atoms with Crippen molar-refractivity contribution in [3.63, 3.8) is 0 Å². The average molecular weight is 298 g/mol. The molecule has 0 unspecified atom stereocenters. The fourth-order valence-corrected chi connectivity index (χ4v) is 4.65. The van der Waals surface area contributed by atoms with Crippen LogP contribution in [0.25, 0.3) is 0 Å². The van der Waals surface area contributed by atoms with E-state index in [-0.39, 0.29) is 11.6 Å². The molecular formula is C19H26N2O. The lowest BCUT2D eigenvalue weighted by Gasteiger charge is -2.36. The summed E-state index contributed by atoms with van der Waals surface area (Å²) >= 11 is 0. The maximum atomic E-state index is 10.8. The molecule has 1 fully saturated rings. The number of aromatic hydroxyl groups is 1. The summed E-state index contributed by atoms with van der Waals surface area (Å²) in [4.78, 5) is 10.2. The monoisotopic (exact) mass is 298 g/mol. The van der Waals surface area contributed by atoms with Crippen LogP contribution in [0.3, 0.4) is 0 Å². The Balaban J connectivity index is 2.04. The summed E-state index contributed by atoms with van der Waals surface area (Å²) in [5.41, 5.74) is 3.22. The van der Waals surface area contributed by atoms with Crippen LogP contribution in [0.5, 0.6) is 5.75 Å². The maximum absolute atomic E-state index is 10.8. The van der Waals surface area contributed by atoms with E-state index in [1.54, 1.807) is 0 Å². The molecule has 22 heavy (non-hydrogen) atoms. The van der Waals surface area contributed by atoms with Gasteiger partial charge < -0.3 is 5.11 Å². The molecule has 118 valence electrons. The average Bonchev–Trinajstić information content (AvgIpc) is 2.82. The zero-order valence-electron chi connectivity index (χ0n) is 14.1. The fourth-order valence-electron chi connectivity index (χ4n) is 4.65. The normalized spacial score (nSPS) is 27.9. The quantitative estimate of drug-likeness (QED) is 0.845. The van der Waals surface area contributed by atoms with Gasteiger partial charge in [-0.05, 0) is 49.0 Å². The van der Waals surface area contributed by atoms with Gasteiger partial charge in [0.15, 0.2) is 5.66 Å². The third-order valence-corrected chi connectivity index (χ3v) is 6.07. The van der Waals surface area contributed by atoms with Crippen molar-refractivity contribution in [1.29, 1.82) is 0 Å². The molecule has 1 spiro atoms. The molecule has 0 radical (unpaired) electrons. The molecular weight excluding hydrogens is 272 g/mol. The molecule has 1 aromatic rings. The molecule has 2 aliphatic carbocycles. The van der Waals surface area contributed by atoms with Crippen LogP contribution in [0, 0.1) is 0 Å². The minimum absolute atomic E-state index is 0.218. The Bertz CT molecular complexity index is 757. The Morgan fingerprint density at radius 2 is 1.55 bits per heavy atom. The van der Waals surface area contributed by atoms with Crippen molar-refractivity contribution in [1.82, 2.24) is 0 Å². The Morgan fingerprint density at radius 1 is 0.955 bits per heavy atom. The highest BCUT2D eigenvalue weighted by molar-refractivity contribution is 5.56. The highest BCUT2D eigenvalue weighted by atomic mass is 16.3. The first kappa shape index (κ1) is 14.2. The fraction of sp³-hybridized carbons (Fsp3) is 0.684. The van der Waals surface area contributed by atoms with Gasteiger partial charge in [0, 0.05) is 11.1 Å². The zero-order valence-corrected chi connectivity index (χ0v) is 14.1. The molecule has 2 atom stereocenters. The maximum Gasteiger partial charge on any atom is 0.151 e. The van der Waals surface area contributed by atoms with E-state index in [9.17, 15) is 5.11 Å². The third kappa shape index (κ3) is 1.68. The van der Waals surface area contributed by atoms with Gasteiger partial charge in [0.25, 0.3) is 0 Å². The first-order valence-electron chi connectivity index (χ1n) is 8.83. The molecule has 1 N–H and O–H groups in total. The second kappa shape index (κ2) is 4.56. The smallest absolute Gasteiger partial charge is 0.151 e. The molecule has 1 heterocycles. The summed E-state index contributed by atoms with van der Waals surface area (Å²) in [5.74, 6) is 1.69. The van der Waals surface area contributed by atoms with Crippen molar-refractivity contribution < 1.29 is 5.11 Å². The molecule has 4 rings (SSSR count). The predicted molar refractivity (Wildman–Crippen MR) is 87.2 cm³/mol. The van der Waals surface area contributed by atoms with Gasteiger partial charge in [0.05, 0.1) is 10.7 Å². The minimum atomic E-state index is -0.218. The largest absolute Gasteiger partial charge is 0.507 e. The lowest BCUT2D eigenvalue weighted by Crippen LogP contribution is -2.39. The van der Waals surface area contributed by atoms with Crippen molar-refractivity contribution in [2.45, 2.75) is 83.2 Å². The Kier molecular flexibility index (Phi) is 2.95. The third-order valence-electron chi connectivity index (χ3n) is 6.07. The van der Waals surface area contributed by atoms with E-state index in [1.807, 2.05) is 0 Å². The van der Waals surface area contributed by atoms with Crippen molar-refractivity contribution in [2.24, 2.45) is 9.98 Å². The molecule has 0 aromatic heterocycles. The topological polar surface area (TPSA) is 45.0 Å². The molecule has 3 heteroatoms. The van der Waals surface area contributed by atoms with Gasteiger partial charge in [0.2, 0.25) is 0 Å². The molecule has 0 amide bonds. The van der Waals surface area contributed by atoms with Crippen LogP contribution in [0.15, 0.2) is 9.98 Å². The second-order valence-corrected chi connectivity index (χ2v) is 7.79. The summed E-state index contributed by atoms with van der Waals surface area (Å²) in [6, 6.07) is 0. The van der Waals surface area contributed by atoms with Gasteiger partial charge in [0.1, 0.15) is 5.75 Å². The SMILES string of the molecule is CC(C)c1c(O)c2c(c3c1=NC1(CCCCC1)N=3)[C@@H](C)[C@H]2C. The number of benzene rings is 1. The first-order valence-corrected chi connectivity index (χ1v) is 8.83. The number of hydrogen-bond acceptors (Lipinski definition) is 3. The van der Waals surface area contributed by atoms with E-state index in [1.165, 1.54) is 24.8 Å². The number of fused-ring (bicyclic) bond motifs is 3. The van der Waals surface area contributed by atoms with Gasteiger partial charge in [-0.2, -0.15) is 0 Å². The first-order chi connectivity index (χ1) is 10.5.